The van der Waals surface area contributed by atoms with E-state index in [9.17, 15) is 9.59 Å². The minimum atomic E-state index is -1.07. The molecule has 0 aromatic heterocycles. The van der Waals surface area contributed by atoms with Crippen LogP contribution < -0.4 is 4.90 Å². The van der Waals surface area contributed by atoms with Crippen molar-refractivity contribution in [2.24, 2.45) is 0 Å². The second-order valence-electron chi connectivity index (χ2n) is 3.77. The van der Waals surface area contributed by atoms with E-state index < -0.39 is 5.97 Å². The highest BCUT2D eigenvalue weighted by molar-refractivity contribution is 9.09. The molecule has 0 saturated carbocycles. The molecule has 6 heteroatoms. The maximum atomic E-state index is 11.7. The molecule has 17 heavy (non-hydrogen) atoms. The third-order valence-corrected chi connectivity index (χ3v) is 3.41. The Hall–Kier alpha value is -1.07. The van der Waals surface area contributed by atoms with Crippen LogP contribution in [0.3, 0.4) is 0 Å². The van der Waals surface area contributed by atoms with Gasteiger partial charge in [-0.15, -0.1) is 0 Å². The summed E-state index contributed by atoms with van der Waals surface area (Å²) in [6.45, 7) is 0.458. The van der Waals surface area contributed by atoms with Crippen molar-refractivity contribution in [2.45, 2.75) is 11.2 Å². The summed E-state index contributed by atoms with van der Waals surface area (Å²) in [5.74, 6) is -1.17. The molecule has 1 unspecified atom stereocenters. The minimum Gasteiger partial charge on any atom is -0.478 e. The fraction of sp³-hybridized carbons (Fsp3) is 0.273. The lowest BCUT2D eigenvalue weighted by Gasteiger charge is -2.18. The molecule has 1 aliphatic heterocycles. The van der Waals surface area contributed by atoms with Gasteiger partial charge in [-0.3, -0.25) is 4.79 Å². The second kappa shape index (κ2) is 4.66. The number of anilines is 1. The lowest BCUT2D eigenvalue weighted by atomic mass is 10.1. The van der Waals surface area contributed by atoms with E-state index in [1.165, 1.54) is 23.1 Å². The van der Waals surface area contributed by atoms with Crippen molar-refractivity contribution in [3.63, 3.8) is 0 Å². The monoisotopic (exact) mass is 317 g/mol. The zero-order valence-corrected chi connectivity index (χ0v) is 11.0. The molecule has 1 aliphatic rings. The van der Waals surface area contributed by atoms with Crippen molar-refractivity contribution in [3.05, 3.63) is 28.8 Å². The van der Waals surface area contributed by atoms with Crippen LogP contribution in [0, 0.1) is 0 Å². The van der Waals surface area contributed by atoms with Crippen LogP contribution in [0.2, 0.25) is 5.02 Å². The van der Waals surface area contributed by atoms with Gasteiger partial charge in [0.1, 0.15) is 0 Å². The summed E-state index contributed by atoms with van der Waals surface area (Å²) in [6, 6.07) is 4.42. The number of hydrogen-bond donors (Lipinski definition) is 1. The van der Waals surface area contributed by atoms with Gasteiger partial charge in [-0.25, -0.2) is 4.79 Å². The quantitative estimate of drug-likeness (QED) is 0.853. The van der Waals surface area contributed by atoms with E-state index in [-0.39, 0.29) is 16.3 Å². The molecule has 1 fully saturated rings. The molecule has 1 atom stereocenters. The largest absolute Gasteiger partial charge is 0.478 e. The molecular weight excluding hydrogens is 309 g/mol. The standard InChI is InChI=1S/C11H9BrClNO3/c12-6-3-10(15)14(5-6)9-4-7(13)1-2-8(9)11(16)17/h1-2,4,6H,3,5H2,(H,16,17). The van der Waals surface area contributed by atoms with Crippen LogP contribution in [0.15, 0.2) is 18.2 Å². The summed E-state index contributed by atoms with van der Waals surface area (Å²) >= 11 is 9.19. The molecule has 1 aromatic rings. The maximum Gasteiger partial charge on any atom is 0.337 e. The van der Waals surface area contributed by atoms with Crippen molar-refractivity contribution in [1.82, 2.24) is 0 Å². The summed E-state index contributed by atoms with van der Waals surface area (Å²) in [7, 11) is 0. The average Bonchev–Trinajstić information content (AvgIpc) is 2.57. The van der Waals surface area contributed by atoms with Gasteiger partial charge in [0.25, 0.3) is 0 Å². The maximum absolute atomic E-state index is 11.7. The predicted octanol–water partition coefficient (Wildman–Crippen LogP) is 2.54. The number of hydrogen-bond acceptors (Lipinski definition) is 2. The number of halogens is 2. The third kappa shape index (κ3) is 2.45. The number of amides is 1. The molecule has 4 nitrogen and oxygen atoms in total. The Bertz CT molecular complexity index is 492. The topological polar surface area (TPSA) is 57.6 Å². The average molecular weight is 319 g/mol. The fourth-order valence-corrected chi connectivity index (χ4v) is 2.54. The van der Waals surface area contributed by atoms with E-state index in [2.05, 4.69) is 15.9 Å². The van der Waals surface area contributed by atoms with E-state index in [1.54, 1.807) is 0 Å². The van der Waals surface area contributed by atoms with Gasteiger partial charge >= 0.3 is 5.97 Å². The minimum absolute atomic E-state index is 0.0515. The molecule has 1 N–H and O–H groups in total. The fourth-order valence-electron chi connectivity index (χ4n) is 1.81. The molecule has 1 aromatic carbocycles. The molecule has 0 bridgehead atoms. The number of carbonyl (C=O) groups excluding carboxylic acids is 1. The Kier molecular flexibility index (Phi) is 3.40. The number of alkyl halides is 1. The molecule has 2 rings (SSSR count). The van der Waals surface area contributed by atoms with Gasteiger partial charge < -0.3 is 10.0 Å². The predicted molar refractivity (Wildman–Crippen MR) is 68.1 cm³/mol. The van der Waals surface area contributed by atoms with Gasteiger partial charge in [0.15, 0.2) is 0 Å². The number of carbonyl (C=O) groups is 2. The normalized spacial score (nSPS) is 19.8. The smallest absolute Gasteiger partial charge is 0.337 e. The molecule has 0 aliphatic carbocycles. The van der Waals surface area contributed by atoms with Crippen LogP contribution in [0.25, 0.3) is 0 Å². The summed E-state index contributed by atoms with van der Waals surface area (Å²) in [5.41, 5.74) is 0.446. The summed E-state index contributed by atoms with van der Waals surface area (Å²) in [5, 5.41) is 9.49. The van der Waals surface area contributed by atoms with Crippen LogP contribution in [0.1, 0.15) is 16.8 Å². The third-order valence-electron chi connectivity index (χ3n) is 2.56. The Labute approximate surface area is 111 Å². The van der Waals surface area contributed by atoms with Crippen molar-refractivity contribution < 1.29 is 14.7 Å². The highest BCUT2D eigenvalue weighted by atomic mass is 79.9. The second-order valence-corrected chi connectivity index (χ2v) is 5.50. The molecule has 1 saturated heterocycles. The van der Waals surface area contributed by atoms with Gasteiger partial charge in [0.05, 0.1) is 11.3 Å². The zero-order valence-electron chi connectivity index (χ0n) is 8.69. The zero-order chi connectivity index (χ0) is 12.6. The van der Waals surface area contributed by atoms with E-state index in [1.807, 2.05) is 0 Å². The number of carboxylic acids is 1. The van der Waals surface area contributed by atoms with Crippen molar-refractivity contribution in [1.29, 1.82) is 0 Å². The molecule has 0 spiro atoms. The lowest BCUT2D eigenvalue weighted by Crippen LogP contribution is -2.26. The van der Waals surface area contributed by atoms with Gasteiger partial charge in [0.2, 0.25) is 5.91 Å². The molecule has 1 heterocycles. The Morgan fingerprint density at radius 1 is 1.53 bits per heavy atom. The molecular formula is C11H9BrClNO3. The summed E-state index contributed by atoms with van der Waals surface area (Å²) in [6.07, 6.45) is 0.367. The van der Waals surface area contributed by atoms with Crippen LogP contribution in [-0.2, 0) is 4.79 Å². The highest BCUT2D eigenvalue weighted by Gasteiger charge is 2.31. The Morgan fingerprint density at radius 3 is 2.76 bits per heavy atom. The SMILES string of the molecule is O=C(O)c1ccc(Cl)cc1N1CC(Br)CC1=O. The number of nitrogens with zero attached hydrogens (tertiary/aromatic N) is 1. The Balaban J connectivity index is 2.46. The van der Waals surface area contributed by atoms with Crippen LogP contribution in [0.4, 0.5) is 5.69 Å². The van der Waals surface area contributed by atoms with Crippen molar-refractivity contribution in [3.8, 4) is 0 Å². The van der Waals surface area contributed by atoms with Crippen LogP contribution in [0.5, 0.6) is 0 Å². The molecule has 90 valence electrons. The van der Waals surface area contributed by atoms with E-state index in [0.29, 0.717) is 23.7 Å². The number of benzene rings is 1. The van der Waals surface area contributed by atoms with Crippen LogP contribution >= 0.6 is 27.5 Å². The number of rotatable bonds is 2. The van der Waals surface area contributed by atoms with Gasteiger partial charge in [-0.1, -0.05) is 27.5 Å². The van der Waals surface area contributed by atoms with Crippen molar-refractivity contribution >= 4 is 45.1 Å². The first-order chi connectivity index (χ1) is 7.99. The Morgan fingerprint density at radius 2 is 2.24 bits per heavy atom. The highest BCUT2D eigenvalue weighted by Crippen LogP contribution is 2.30. The molecule has 0 radical (unpaired) electrons. The lowest BCUT2D eigenvalue weighted by molar-refractivity contribution is -0.117. The van der Waals surface area contributed by atoms with Crippen LogP contribution in [-0.4, -0.2) is 28.4 Å². The van der Waals surface area contributed by atoms with E-state index in [4.69, 9.17) is 16.7 Å². The van der Waals surface area contributed by atoms with Gasteiger partial charge in [-0.05, 0) is 18.2 Å². The first kappa shape index (κ1) is 12.4. The number of aromatic carboxylic acids is 1. The first-order valence-electron chi connectivity index (χ1n) is 4.96. The summed E-state index contributed by atoms with van der Waals surface area (Å²) < 4.78 is 0. The van der Waals surface area contributed by atoms with E-state index in [0.717, 1.165) is 0 Å². The molecule has 1 amide bonds. The number of carboxylic acid groups (broad SMARTS) is 1. The van der Waals surface area contributed by atoms with Crippen molar-refractivity contribution in [2.75, 3.05) is 11.4 Å². The van der Waals surface area contributed by atoms with Gasteiger partial charge in [-0.2, -0.15) is 0 Å². The summed E-state index contributed by atoms with van der Waals surface area (Å²) in [4.78, 5) is 24.3. The van der Waals surface area contributed by atoms with E-state index >= 15 is 0 Å². The van der Waals surface area contributed by atoms with Gasteiger partial charge in [0, 0.05) is 22.8 Å². The first-order valence-corrected chi connectivity index (χ1v) is 6.25.